The fourth-order valence-electron chi connectivity index (χ4n) is 2.72. The van der Waals surface area contributed by atoms with Gasteiger partial charge < -0.3 is 10.6 Å². The smallest absolute Gasteiger partial charge is 0.251 e. The highest BCUT2D eigenvalue weighted by atomic mass is 35.5. The van der Waals surface area contributed by atoms with E-state index < -0.39 is 0 Å². The normalized spacial score (nSPS) is 10.6. The van der Waals surface area contributed by atoms with Gasteiger partial charge in [0.15, 0.2) is 5.16 Å². The number of anilines is 1. The van der Waals surface area contributed by atoms with Crippen molar-refractivity contribution in [2.24, 2.45) is 0 Å². The minimum atomic E-state index is -0.162. The molecule has 0 bridgehead atoms. The molecule has 0 atom stereocenters. The molecular weight excluding hydrogens is 408 g/mol. The lowest BCUT2D eigenvalue weighted by molar-refractivity contribution is -0.116. The molecule has 150 valence electrons. The molecule has 3 rings (SSSR count). The Morgan fingerprint density at radius 2 is 1.83 bits per heavy atom. The maximum atomic E-state index is 12.3. The van der Waals surface area contributed by atoms with E-state index in [0.717, 1.165) is 10.8 Å². The van der Waals surface area contributed by atoms with Crippen LogP contribution in [-0.2, 0) is 4.79 Å². The van der Waals surface area contributed by atoms with Crippen LogP contribution >= 0.6 is 23.4 Å². The molecule has 0 fully saturated rings. The van der Waals surface area contributed by atoms with Crippen molar-refractivity contribution in [1.82, 2.24) is 14.9 Å². The number of halogens is 1. The molecule has 0 unspecified atom stereocenters. The Kier molecular flexibility index (Phi) is 7.32. The average Bonchev–Trinajstić information content (AvgIpc) is 3.22. The monoisotopic (exact) mass is 428 g/mol. The van der Waals surface area contributed by atoms with Crippen LogP contribution in [0.1, 0.15) is 23.2 Å². The highest BCUT2D eigenvalue weighted by Crippen LogP contribution is 2.18. The molecule has 0 saturated heterocycles. The largest absolute Gasteiger partial charge is 0.352 e. The molecule has 2 amide bonds. The van der Waals surface area contributed by atoms with Gasteiger partial charge in [-0.15, -0.1) is 0 Å². The summed E-state index contributed by atoms with van der Waals surface area (Å²) in [4.78, 5) is 28.5. The van der Waals surface area contributed by atoms with Gasteiger partial charge in [0.25, 0.3) is 5.91 Å². The van der Waals surface area contributed by atoms with Crippen LogP contribution in [0.5, 0.6) is 0 Å². The van der Waals surface area contributed by atoms with E-state index in [0.29, 0.717) is 35.7 Å². The lowest BCUT2D eigenvalue weighted by Gasteiger charge is -2.09. The van der Waals surface area contributed by atoms with E-state index in [1.54, 1.807) is 54.4 Å². The molecule has 0 aliphatic heterocycles. The van der Waals surface area contributed by atoms with E-state index >= 15 is 0 Å². The molecule has 2 aromatic carbocycles. The van der Waals surface area contributed by atoms with E-state index in [2.05, 4.69) is 15.6 Å². The summed E-state index contributed by atoms with van der Waals surface area (Å²) in [5.41, 5.74) is 2.22. The maximum Gasteiger partial charge on any atom is 0.251 e. The quantitative estimate of drug-likeness (QED) is 0.412. The third-order valence-corrected chi connectivity index (χ3v) is 5.11. The van der Waals surface area contributed by atoms with Crippen molar-refractivity contribution in [3.63, 3.8) is 0 Å². The molecule has 0 aliphatic rings. The number of rotatable bonds is 8. The summed E-state index contributed by atoms with van der Waals surface area (Å²) >= 11 is 7.38. The molecule has 1 aromatic heterocycles. The van der Waals surface area contributed by atoms with Crippen molar-refractivity contribution in [2.75, 3.05) is 18.1 Å². The van der Waals surface area contributed by atoms with Crippen molar-refractivity contribution in [3.8, 4) is 5.69 Å². The van der Waals surface area contributed by atoms with Gasteiger partial charge >= 0.3 is 0 Å². The van der Waals surface area contributed by atoms with Crippen molar-refractivity contribution < 1.29 is 9.59 Å². The topological polar surface area (TPSA) is 76.0 Å². The summed E-state index contributed by atoms with van der Waals surface area (Å²) in [6.07, 6.45) is 6.47. The number of carbonyl (C=O) groups is 2. The van der Waals surface area contributed by atoms with Crippen molar-refractivity contribution >= 4 is 40.9 Å². The molecule has 1 heterocycles. The van der Waals surface area contributed by atoms with Gasteiger partial charge in [-0.2, -0.15) is 0 Å². The first kappa shape index (κ1) is 21.0. The second-order valence-electron chi connectivity index (χ2n) is 6.25. The second kappa shape index (κ2) is 10.1. The highest BCUT2D eigenvalue weighted by molar-refractivity contribution is 7.98. The molecular formula is C21H21ClN4O2S. The molecule has 3 aromatic rings. The number of carbonyl (C=O) groups excluding carboxylic acids is 2. The first-order valence-corrected chi connectivity index (χ1v) is 10.7. The highest BCUT2D eigenvalue weighted by Gasteiger charge is 2.08. The number of imidazole rings is 1. The molecule has 0 aliphatic carbocycles. The SMILES string of the molecule is CSc1nccn1-c1ccc(C(=O)NCCCC(=O)Nc2ccc(Cl)cc2)cc1. The number of nitrogens with one attached hydrogen (secondary N) is 2. The lowest BCUT2D eigenvalue weighted by atomic mass is 10.2. The Bertz CT molecular complexity index is 971. The van der Waals surface area contributed by atoms with E-state index in [4.69, 9.17) is 11.6 Å². The molecule has 0 radical (unpaired) electrons. The van der Waals surface area contributed by atoms with Gasteiger partial charge in [0, 0.05) is 47.3 Å². The number of nitrogens with zero attached hydrogens (tertiary/aromatic N) is 2. The number of thioether (sulfide) groups is 1. The predicted molar refractivity (Wildman–Crippen MR) is 117 cm³/mol. The van der Waals surface area contributed by atoms with Crippen LogP contribution in [0, 0.1) is 0 Å². The Labute approximate surface area is 178 Å². The Morgan fingerprint density at radius 1 is 1.10 bits per heavy atom. The summed E-state index contributed by atoms with van der Waals surface area (Å²) < 4.78 is 1.96. The first-order valence-electron chi connectivity index (χ1n) is 9.08. The molecule has 8 heteroatoms. The number of hydrogen-bond donors (Lipinski definition) is 2. The summed E-state index contributed by atoms with van der Waals surface area (Å²) in [6.45, 7) is 0.423. The minimum absolute atomic E-state index is 0.101. The maximum absolute atomic E-state index is 12.3. The summed E-state index contributed by atoms with van der Waals surface area (Å²) in [7, 11) is 0. The van der Waals surface area contributed by atoms with Crippen molar-refractivity contribution in [1.29, 1.82) is 0 Å². The van der Waals surface area contributed by atoms with Gasteiger partial charge in [-0.3, -0.25) is 14.2 Å². The van der Waals surface area contributed by atoms with Gasteiger partial charge in [0.05, 0.1) is 0 Å². The fourth-order valence-corrected chi connectivity index (χ4v) is 3.38. The van der Waals surface area contributed by atoms with E-state index in [9.17, 15) is 9.59 Å². The summed E-state index contributed by atoms with van der Waals surface area (Å²) in [5, 5.41) is 7.15. The molecule has 0 saturated carbocycles. The Morgan fingerprint density at radius 3 is 2.52 bits per heavy atom. The van der Waals surface area contributed by atoms with Crippen molar-refractivity contribution in [2.45, 2.75) is 18.0 Å². The minimum Gasteiger partial charge on any atom is -0.352 e. The van der Waals surface area contributed by atoms with E-state index in [1.807, 2.05) is 29.2 Å². The Balaban J connectivity index is 1.43. The average molecular weight is 429 g/mol. The standard InChI is InChI=1S/C21H21ClN4O2S/c1-29-21-24-13-14-26(21)18-10-4-15(5-11-18)20(28)23-12-2-3-19(27)25-17-8-6-16(22)7-9-17/h4-11,13-14H,2-3,12H2,1H3,(H,23,28)(H,25,27). The Hall–Kier alpha value is -2.77. The molecule has 0 spiro atoms. The van der Waals surface area contributed by atoms with Crippen LogP contribution in [0.2, 0.25) is 5.02 Å². The second-order valence-corrected chi connectivity index (χ2v) is 7.46. The predicted octanol–water partition coefficient (Wildman–Crippen LogP) is 4.40. The van der Waals surface area contributed by atoms with Crippen LogP contribution in [-0.4, -0.2) is 34.2 Å². The van der Waals surface area contributed by atoms with Gasteiger partial charge in [0.2, 0.25) is 5.91 Å². The van der Waals surface area contributed by atoms with E-state index in [1.165, 1.54) is 0 Å². The fraction of sp³-hybridized carbons (Fsp3) is 0.190. The summed E-state index contributed by atoms with van der Waals surface area (Å²) in [6, 6.07) is 14.3. The number of amides is 2. The van der Waals surface area contributed by atoms with Gasteiger partial charge in [-0.25, -0.2) is 4.98 Å². The van der Waals surface area contributed by atoms with Crippen LogP contribution < -0.4 is 10.6 Å². The zero-order chi connectivity index (χ0) is 20.6. The third-order valence-electron chi connectivity index (χ3n) is 4.19. The molecule has 6 nitrogen and oxygen atoms in total. The first-order chi connectivity index (χ1) is 14.1. The zero-order valence-corrected chi connectivity index (χ0v) is 17.5. The molecule has 29 heavy (non-hydrogen) atoms. The van der Waals surface area contributed by atoms with Crippen LogP contribution in [0.4, 0.5) is 5.69 Å². The van der Waals surface area contributed by atoms with Gasteiger partial charge in [0.1, 0.15) is 0 Å². The number of hydrogen-bond acceptors (Lipinski definition) is 4. The van der Waals surface area contributed by atoms with Crippen molar-refractivity contribution in [3.05, 3.63) is 71.5 Å². The van der Waals surface area contributed by atoms with Gasteiger partial charge in [-0.1, -0.05) is 23.4 Å². The number of aromatic nitrogens is 2. The number of benzene rings is 2. The molecule has 2 N–H and O–H groups in total. The van der Waals surface area contributed by atoms with Crippen LogP contribution in [0.15, 0.2) is 66.1 Å². The summed E-state index contributed by atoms with van der Waals surface area (Å²) in [5.74, 6) is -0.263. The van der Waals surface area contributed by atoms with Crippen LogP contribution in [0.25, 0.3) is 5.69 Å². The van der Waals surface area contributed by atoms with Crippen LogP contribution in [0.3, 0.4) is 0 Å². The third kappa shape index (κ3) is 5.85. The van der Waals surface area contributed by atoms with E-state index in [-0.39, 0.29) is 11.8 Å². The lowest BCUT2D eigenvalue weighted by Crippen LogP contribution is -2.25. The van der Waals surface area contributed by atoms with Gasteiger partial charge in [-0.05, 0) is 61.2 Å². The zero-order valence-electron chi connectivity index (χ0n) is 15.9.